The number of aryl methyl sites for hydroxylation is 1. The van der Waals surface area contributed by atoms with Crippen LogP contribution in [0.3, 0.4) is 0 Å². The minimum atomic E-state index is -0.357. The Kier molecular flexibility index (Phi) is 8.35. The van der Waals surface area contributed by atoms with Crippen molar-refractivity contribution in [2.45, 2.75) is 25.8 Å². The Labute approximate surface area is 201 Å². The molecule has 0 radical (unpaired) electrons. The Morgan fingerprint density at radius 1 is 1.21 bits per heavy atom. The van der Waals surface area contributed by atoms with Gasteiger partial charge in [-0.05, 0) is 57.4 Å². The van der Waals surface area contributed by atoms with Crippen LogP contribution in [0.15, 0.2) is 46.0 Å². The van der Waals surface area contributed by atoms with Crippen LogP contribution in [-0.4, -0.2) is 52.6 Å². The number of ether oxygens (including phenoxy) is 1. The van der Waals surface area contributed by atoms with Gasteiger partial charge in [-0.1, -0.05) is 11.6 Å². The highest BCUT2D eigenvalue weighted by Gasteiger charge is 2.20. The smallest absolute Gasteiger partial charge is 0.260 e. The lowest BCUT2D eigenvalue weighted by atomic mass is 10.2. The minimum Gasteiger partial charge on any atom is -0.482 e. The summed E-state index contributed by atoms with van der Waals surface area (Å²) in [7, 11) is 0. The second kappa shape index (κ2) is 11.2. The number of nitrogens with one attached hydrogen (secondary N) is 1. The molecule has 1 N–H and O–H groups in total. The number of anilines is 1. The zero-order valence-electron chi connectivity index (χ0n) is 18.8. The SMILES string of the molecule is CCN(CC)C(=O)COc1ccc(NC(=O)c2c(C)nc(-c3ccco3)nc2SC)cc1Cl. The summed E-state index contributed by atoms with van der Waals surface area (Å²) in [6, 6.07) is 8.37. The fourth-order valence-electron chi connectivity index (χ4n) is 3.17. The highest BCUT2D eigenvalue weighted by atomic mass is 35.5. The van der Waals surface area contributed by atoms with Crippen molar-refractivity contribution in [3.8, 4) is 17.3 Å². The van der Waals surface area contributed by atoms with E-state index in [4.69, 9.17) is 20.8 Å². The van der Waals surface area contributed by atoms with E-state index >= 15 is 0 Å². The second-order valence-corrected chi connectivity index (χ2v) is 8.15. The first-order valence-electron chi connectivity index (χ1n) is 10.4. The lowest BCUT2D eigenvalue weighted by Gasteiger charge is -2.19. The molecule has 3 rings (SSSR count). The van der Waals surface area contributed by atoms with Crippen molar-refractivity contribution in [1.82, 2.24) is 14.9 Å². The molecule has 1 aromatic carbocycles. The number of hydrogen-bond acceptors (Lipinski definition) is 7. The first-order valence-corrected chi connectivity index (χ1v) is 12.0. The van der Waals surface area contributed by atoms with E-state index in [0.29, 0.717) is 52.4 Å². The Hall–Kier alpha value is -3.04. The van der Waals surface area contributed by atoms with E-state index in [9.17, 15) is 9.59 Å². The molecule has 2 aromatic heterocycles. The van der Waals surface area contributed by atoms with Crippen molar-refractivity contribution in [2.24, 2.45) is 0 Å². The molecule has 174 valence electrons. The number of aromatic nitrogens is 2. The molecular weight excluding hydrogens is 464 g/mol. The van der Waals surface area contributed by atoms with Gasteiger partial charge in [0, 0.05) is 18.8 Å². The molecule has 33 heavy (non-hydrogen) atoms. The van der Waals surface area contributed by atoms with E-state index in [-0.39, 0.29) is 23.4 Å². The van der Waals surface area contributed by atoms with Gasteiger partial charge >= 0.3 is 0 Å². The number of thioether (sulfide) groups is 1. The zero-order chi connectivity index (χ0) is 24.0. The van der Waals surface area contributed by atoms with Gasteiger partial charge in [0.05, 0.1) is 22.5 Å². The van der Waals surface area contributed by atoms with Gasteiger partial charge in [0.2, 0.25) is 0 Å². The van der Waals surface area contributed by atoms with Crippen LogP contribution in [0.5, 0.6) is 5.75 Å². The van der Waals surface area contributed by atoms with Crippen LogP contribution in [0.1, 0.15) is 29.9 Å². The number of carbonyl (C=O) groups is 2. The normalized spacial score (nSPS) is 10.7. The second-order valence-electron chi connectivity index (χ2n) is 6.95. The van der Waals surface area contributed by atoms with Gasteiger partial charge in [0.1, 0.15) is 10.8 Å². The third-order valence-electron chi connectivity index (χ3n) is 4.88. The van der Waals surface area contributed by atoms with Gasteiger partial charge in [-0.15, -0.1) is 11.8 Å². The molecule has 0 aliphatic heterocycles. The van der Waals surface area contributed by atoms with Gasteiger partial charge in [-0.25, -0.2) is 9.97 Å². The van der Waals surface area contributed by atoms with E-state index in [1.54, 1.807) is 48.4 Å². The summed E-state index contributed by atoms with van der Waals surface area (Å²) < 4.78 is 10.9. The average molecular weight is 489 g/mol. The zero-order valence-corrected chi connectivity index (χ0v) is 20.4. The topological polar surface area (TPSA) is 97.6 Å². The molecule has 2 heterocycles. The van der Waals surface area contributed by atoms with Crippen molar-refractivity contribution in [3.05, 3.63) is 52.9 Å². The molecule has 0 spiro atoms. The van der Waals surface area contributed by atoms with E-state index in [0.717, 1.165) is 0 Å². The third kappa shape index (κ3) is 5.85. The molecule has 0 saturated carbocycles. The molecule has 3 aromatic rings. The maximum Gasteiger partial charge on any atom is 0.260 e. The number of furan rings is 1. The van der Waals surface area contributed by atoms with Crippen LogP contribution in [0.2, 0.25) is 5.02 Å². The van der Waals surface area contributed by atoms with Crippen LogP contribution in [-0.2, 0) is 4.79 Å². The quantitative estimate of drug-likeness (QED) is 0.337. The fraction of sp³-hybridized carbons (Fsp3) is 0.304. The van der Waals surface area contributed by atoms with Crippen LogP contribution >= 0.6 is 23.4 Å². The monoisotopic (exact) mass is 488 g/mol. The lowest BCUT2D eigenvalue weighted by molar-refractivity contribution is -0.132. The van der Waals surface area contributed by atoms with E-state index in [2.05, 4.69) is 15.3 Å². The van der Waals surface area contributed by atoms with E-state index in [1.165, 1.54) is 11.8 Å². The average Bonchev–Trinajstić information content (AvgIpc) is 3.33. The van der Waals surface area contributed by atoms with Gasteiger partial charge in [-0.2, -0.15) is 0 Å². The molecule has 0 aliphatic carbocycles. The summed E-state index contributed by atoms with van der Waals surface area (Å²) in [6.45, 7) is 6.68. The van der Waals surface area contributed by atoms with Gasteiger partial charge in [-0.3, -0.25) is 9.59 Å². The van der Waals surface area contributed by atoms with Gasteiger partial charge in [0.15, 0.2) is 18.2 Å². The number of carbonyl (C=O) groups excluding carboxylic acids is 2. The molecular formula is C23H25ClN4O4S. The number of halogens is 1. The molecule has 0 unspecified atom stereocenters. The molecule has 0 fully saturated rings. The van der Waals surface area contributed by atoms with Crippen LogP contribution < -0.4 is 10.1 Å². The number of benzene rings is 1. The number of hydrogen-bond donors (Lipinski definition) is 1. The number of amides is 2. The molecule has 8 nitrogen and oxygen atoms in total. The summed E-state index contributed by atoms with van der Waals surface area (Å²) in [5, 5.41) is 3.64. The molecule has 2 amide bonds. The molecule has 10 heteroatoms. The lowest BCUT2D eigenvalue weighted by Crippen LogP contribution is -2.34. The fourth-order valence-corrected chi connectivity index (χ4v) is 4.03. The number of rotatable bonds is 9. The Bertz CT molecular complexity index is 1130. The Morgan fingerprint density at radius 2 is 1.97 bits per heavy atom. The summed E-state index contributed by atoms with van der Waals surface area (Å²) in [5.41, 5.74) is 1.38. The summed E-state index contributed by atoms with van der Waals surface area (Å²) in [6.07, 6.45) is 3.39. The maximum absolute atomic E-state index is 13.0. The van der Waals surface area contributed by atoms with Crippen molar-refractivity contribution in [1.29, 1.82) is 0 Å². The molecule has 0 bridgehead atoms. The minimum absolute atomic E-state index is 0.108. The van der Waals surface area contributed by atoms with Crippen molar-refractivity contribution >= 4 is 40.9 Å². The van der Waals surface area contributed by atoms with Crippen molar-refractivity contribution < 1.29 is 18.7 Å². The molecule has 0 aliphatic rings. The Balaban J connectivity index is 1.74. The van der Waals surface area contributed by atoms with Crippen LogP contribution in [0, 0.1) is 6.92 Å². The number of likely N-dealkylation sites (N-methyl/N-ethyl adjacent to an activating group) is 1. The predicted octanol–water partition coefficient (Wildman–Crippen LogP) is 4.92. The van der Waals surface area contributed by atoms with Crippen molar-refractivity contribution in [3.63, 3.8) is 0 Å². The van der Waals surface area contributed by atoms with Crippen molar-refractivity contribution in [2.75, 3.05) is 31.3 Å². The van der Waals surface area contributed by atoms with E-state index in [1.807, 2.05) is 20.1 Å². The maximum atomic E-state index is 13.0. The first-order chi connectivity index (χ1) is 15.9. The van der Waals surface area contributed by atoms with Crippen LogP contribution in [0.25, 0.3) is 11.6 Å². The largest absolute Gasteiger partial charge is 0.482 e. The van der Waals surface area contributed by atoms with Gasteiger partial charge in [0.25, 0.3) is 11.8 Å². The summed E-state index contributed by atoms with van der Waals surface area (Å²) >= 11 is 7.66. The standard InChI is InChI=1S/C23H25ClN4O4S/c1-5-28(6-2)19(29)13-32-17-10-9-15(12-16(17)24)26-22(30)20-14(3)25-21(27-23(20)33-4)18-8-7-11-31-18/h7-12H,5-6,13H2,1-4H3,(H,26,30). The Morgan fingerprint density at radius 3 is 2.58 bits per heavy atom. The van der Waals surface area contributed by atoms with Gasteiger partial charge < -0.3 is 19.4 Å². The highest BCUT2D eigenvalue weighted by molar-refractivity contribution is 7.98. The summed E-state index contributed by atoms with van der Waals surface area (Å²) in [5.74, 6) is 0.836. The number of nitrogens with zero attached hydrogens (tertiary/aromatic N) is 3. The summed E-state index contributed by atoms with van der Waals surface area (Å²) in [4.78, 5) is 35.7. The predicted molar refractivity (Wildman–Crippen MR) is 129 cm³/mol. The molecule has 0 saturated heterocycles. The third-order valence-corrected chi connectivity index (χ3v) is 5.85. The van der Waals surface area contributed by atoms with Crippen LogP contribution in [0.4, 0.5) is 5.69 Å². The van der Waals surface area contributed by atoms with E-state index < -0.39 is 0 Å². The molecule has 0 atom stereocenters. The highest BCUT2D eigenvalue weighted by Crippen LogP contribution is 2.29. The first kappa shape index (κ1) is 24.6.